The van der Waals surface area contributed by atoms with Crippen molar-refractivity contribution >= 4 is 21.6 Å². The smallest absolute Gasteiger partial charge is 0.251 e. The van der Waals surface area contributed by atoms with Gasteiger partial charge < -0.3 is 10.1 Å². The number of hydrogen-bond acceptors (Lipinski definition) is 4. The molecular formula is C19H24N2O4S. The molecule has 0 saturated heterocycles. The summed E-state index contributed by atoms with van der Waals surface area (Å²) in [4.78, 5) is 12.0. The zero-order chi connectivity index (χ0) is 19.2. The van der Waals surface area contributed by atoms with Crippen LogP contribution in [-0.2, 0) is 21.3 Å². The molecule has 2 rings (SSSR count). The van der Waals surface area contributed by atoms with Gasteiger partial charge in [0.25, 0.3) is 5.91 Å². The molecule has 1 amide bonds. The van der Waals surface area contributed by atoms with Crippen molar-refractivity contribution in [3.05, 3.63) is 65.2 Å². The molecule has 0 spiro atoms. The van der Waals surface area contributed by atoms with Crippen molar-refractivity contribution in [3.8, 4) is 0 Å². The molecule has 0 aliphatic rings. The van der Waals surface area contributed by atoms with E-state index in [-0.39, 0.29) is 12.5 Å². The Morgan fingerprint density at radius 2 is 1.85 bits per heavy atom. The summed E-state index contributed by atoms with van der Waals surface area (Å²) in [5, 5.41) is 2.75. The fourth-order valence-corrected chi connectivity index (χ4v) is 3.36. The van der Waals surface area contributed by atoms with Gasteiger partial charge in [-0.25, -0.2) is 8.42 Å². The van der Waals surface area contributed by atoms with Crippen molar-refractivity contribution in [3.63, 3.8) is 0 Å². The minimum Gasteiger partial charge on any atom is -0.383 e. The highest BCUT2D eigenvalue weighted by atomic mass is 32.2. The third-order valence-corrected chi connectivity index (χ3v) is 4.96. The first-order chi connectivity index (χ1) is 12.3. The lowest BCUT2D eigenvalue weighted by Gasteiger charge is -2.23. The molecule has 0 atom stereocenters. The normalized spacial score (nSPS) is 11.2. The standard InChI is InChI=1S/C19H24N2O4S/c1-15-5-4-6-18(13-15)21(26(3,23)24)14-16-7-9-17(10-8-16)19(22)20-11-12-25-2/h4-10,13H,11-12,14H2,1-3H3,(H,20,22). The van der Waals surface area contributed by atoms with Crippen molar-refractivity contribution in [2.45, 2.75) is 13.5 Å². The summed E-state index contributed by atoms with van der Waals surface area (Å²) in [5.74, 6) is -0.188. The largest absolute Gasteiger partial charge is 0.383 e. The van der Waals surface area contributed by atoms with E-state index in [0.29, 0.717) is 24.4 Å². The molecule has 0 saturated carbocycles. The number of benzene rings is 2. The van der Waals surface area contributed by atoms with Crippen molar-refractivity contribution in [1.29, 1.82) is 0 Å². The predicted octanol–water partition coefficient (Wildman–Crippen LogP) is 2.34. The minimum atomic E-state index is -3.43. The van der Waals surface area contributed by atoms with E-state index in [1.807, 2.05) is 25.1 Å². The number of amides is 1. The van der Waals surface area contributed by atoms with Crippen molar-refractivity contribution < 1.29 is 17.9 Å². The van der Waals surface area contributed by atoms with Crippen LogP contribution < -0.4 is 9.62 Å². The lowest BCUT2D eigenvalue weighted by atomic mass is 10.1. The first kappa shape index (κ1) is 19.9. The number of carbonyl (C=O) groups is 1. The van der Waals surface area contributed by atoms with Crippen LogP contribution in [0, 0.1) is 6.92 Å². The van der Waals surface area contributed by atoms with Gasteiger partial charge in [-0.15, -0.1) is 0 Å². The van der Waals surface area contributed by atoms with Crippen LogP contribution in [0.25, 0.3) is 0 Å². The average Bonchev–Trinajstić information content (AvgIpc) is 2.59. The maximum atomic E-state index is 12.2. The first-order valence-corrected chi connectivity index (χ1v) is 10.1. The predicted molar refractivity (Wildman–Crippen MR) is 103 cm³/mol. The Labute approximate surface area is 154 Å². The lowest BCUT2D eigenvalue weighted by molar-refractivity contribution is 0.0937. The van der Waals surface area contributed by atoms with E-state index >= 15 is 0 Å². The van der Waals surface area contributed by atoms with Crippen molar-refractivity contribution in [2.75, 3.05) is 30.8 Å². The van der Waals surface area contributed by atoms with E-state index < -0.39 is 10.0 Å². The molecule has 26 heavy (non-hydrogen) atoms. The number of nitrogens with one attached hydrogen (secondary N) is 1. The Balaban J connectivity index is 2.15. The number of methoxy groups -OCH3 is 1. The van der Waals surface area contributed by atoms with Crippen LogP contribution in [-0.4, -0.2) is 40.8 Å². The minimum absolute atomic E-state index is 0.188. The molecule has 140 valence electrons. The summed E-state index contributed by atoms with van der Waals surface area (Å²) >= 11 is 0. The van der Waals surface area contributed by atoms with Gasteiger partial charge in [-0.3, -0.25) is 9.10 Å². The van der Waals surface area contributed by atoms with Crippen LogP contribution in [0.1, 0.15) is 21.5 Å². The summed E-state index contributed by atoms with van der Waals surface area (Å²) in [5.41, 5.74) is 2.92. The third kappa shape index (κ3) is 5.57. The van der Waals surface area contributed by atoms with Crippen LogP contribution in [0.2, 0.25) is 0 Å². The van der Waals surface area contributed by atoms with E-state index in [1.165, 1.54) is 10.6 Å². The molecule has 1 N–H and O–H groups in total. The fraction of sp³-hybridized carbons (Fsp3) is 0.316. The van der Waals surface area contributed by atoms with Gasteiger partial charge >= 0.3 is 0 Å². The van der Waals surface area contributed by atoms with Gasteiger partial charge in [0.15, 0.2) is 0 Å². The van der Waals surface area contributed by atoms with Crippen LogP contribution >= 0.6 is 0 Å². The van der Waals surface area contributed by atoms with E-state index in [2.05, 4.69) is 5.32 Å². The number of ether oxygens (including phenoxy) is 1. The summed E-state index contributed by atoms with van der Waals surface area (Å²) in [6.07, 6.45) is 1.19. The molecule has 7 heteroatoms. The molecular weight excluding hydrogens is 352 g/mol. The maximum absolute atomic E-state index is 12.2. The second kappa shape index (κ2) is 8.82. The molecule has 0 heterocycles. The summed E-state index contributed by atoms with van der Waals surface area (Å²) in [7, 11) is -1.86. The molecule has 2 aromatic carbocycles. The Morgan fingerprint density at radius 1 is 1.15 bits per heavy atom. The fourth-order valence-electron chi connectivity index (χ4n) is 2.48. The van der Waals surface area contributed by atoms with E-state index in [9.17, 15) is 13.2 Å². The quantitative estimate of drug-likeness (QED) is 0.718. The summed E-state index contributed by atoms with van der Waals surface area (Å²) in [6, 6.07) is 14.3. The monoisotopic (exact) mass is 376 g/mol. The van der Waals surface area contributed by atoms with Gasteiger partial charge in [0.2, 0.25) is 10.0 Å². The highest BCUT2D eigenvalue weighted by Crippen LogP contribution is 2.21. The van der Waals surface area contributed by atoms with Crippen molar-refractivity contribution in [1.82, 2.24) is 5.32 Å². The average molecular weight is 376 g/mol. The van der Waals surface area contributed by atoms with Crippen LogP contribution in [0.3, 0.4) is 0 Å². The summed E-state index contributed by atoms with van der Waals surface area (Å²) < 4.78 is 30.7. The zero-order valence-electron chi connectivity index (χ0n) is 15.2. The zero-order valence-corrected chi connectivity index (χ0v) is 16.0. The summed E-state index contributed by atoms with van der Waals surface area (Å²) in [6.45, 7) is 3.00. The number of rotatable bonds is 8. The van der Waals surface area contributed by atoms with Gasteiger partial charge in [0.1, 0.15) is 0 Å². The SMILES string of the molecule is COCCNC(=O)c1ccc(CN(c2cccc(C)c2)S(C)(=O)=O)cc1. The number of aryl methyl sites for hydroxylation is 1. The molecule has 0 aromatic heterocycles. The molecule has 0 aliphatic heterocycles. The Morgan fingerprint density at radius 3 is 2.42 bits per heavy atom. The molecule has 0 radical (unpaired) electrons. The van der Waals surface area contributed by atoms with E-state index in [1.54, 1.807) is 37.4 Å². The number of sulfonamides is 1. The first-order valence-electron chi connectivity index (χ1n) is 8.21. The molecule has 0 fully saturated rings. The molecule has 0 unspecified atom stereocenters. The van der Waals surface area contributed by atoms with Crippen LogP contribution in [0.4, 0.5) is 5.69 Å². The highest BCUT2D eigenvalue weighted by Gasteiger charge is 2.18. The van der Waals surface area contributed by atoms with E-state index in [4.69, 9.17) is 4.74 Å². The van der Waals surface area contributed by atoms with Crippen molar-refractivity contribution in [2.24, 2.45) is 0 Å². The van der Waals surface area contributed by atoms with Gasteiger partial charge in [-0.2, -0.15) is 0 Å². The number of anilines is 1. The Kier molecular flexibility index (Phi) is 6.76. The Hall–Kier alpha value is -2.38. The molecule has 0 aliphatic carbocycles. The highest BCUT2D eigenvalue weighted by molar-refractivity contribution is 7.92. The topological polar surface area (TPSA) is 75.7 Å². The van der Waals surface area contributed by atoms with Gasteiger partial charge in [0.05, 0.1) is 25.1 Å². The van der Waals surface area contributed by atoms with Gasteiger partial charge in [-0.05, 0) is 42.3 Å². The van der Waals surface area contributed by atoms with Gasteiger partial charge in [-0.1, -0.05) is 24.3 Å². The van der Waals surface area contributed by atoms with Crippen LogP contribution in [0.5, 0.6) is 0 Å². The van der Waals surface area contributed by atoms with Gasteiger partial charge in [0, 0.05) is 19.2 Å². The maximum Gasteiger partial charge on any atom is 0.251 e. The molecule has 6 nitrogen and oxygen atoms in total. The Bertz CT molecular complexity index is 848. The second-order valence-electron chi connectivity index (χ2n) is 6.05. The lowest BCUT2D eigenvalue weighted by Crippen LogP contribution is -2.29. The van der Waals surface area contributed by atoms with Crippen LogP contribution in [0.15, 0.2) is 48.5 Å². The number of nitrogens with zero attached hydrogens (tertiary/aromatic N) is 1. The molecule has 0 bridgehead atoms. The third-order valence-electron chi connectivity index (χ3n) is 3.82. The van der Waals surface area contributed by atoms with E-state index in [0.717, 1.165) is 11.1 Å². The number of carbonyl (C=O) groups excluding carboxylic acids is 1. The second-order valence-corrected chi connectivity index (χ2v) is 7.96. The number of hydrogen-bond donors (Lipinski definition) is 1. The molecule has 2 aromatic rings.